The Morgan fingerprint density at radius 3 is 2.90 bits per heavy atom. The van der Waals surface area contributed by atoms with E-state index in [1.807, 2.05) is 24.3 Å². The number of nitro benzene ring substituents is 1. The van der Waals surface area contributed by atoms with Crippen LogP contribution in [0, 0.1) is 10.1 Å². The maximum atomic E-state index is 12.9. The number of anilines is 1. The number of methoxy groups -OCH3 is 1. The van der Waals surface area contributed by atoms with Crippen LogP contribution >= 0.6 is 0 Å². The summed E-state index contributed by atoms with van der Waals surface area (Å²) in [6.45, 7) is 3.20. The van der Waals surface area contributed by atoms with Gasteiger partial charge in [-0.15, -0.1) is 0 Å². The Hall–Kier alpha value is -3.46. The van der Waals surface area contributed by atoms with Crippen LogP contribution in [0.25, 0.3) is 11.1 Å². The lowest BCUT2D eigenvalue weighted by atomic mass is 9.96. The van der Waals surface area contributed by atoms with Gasteiger partial charge in [0.05, 0.1) is 24.1 Å². The Kier molecular flexibility index (Phi) is 5.85. The van der Waals surface area contributed by atoms with E-state index in [0.717, 1.165) is 30.5 Å². The van der Waals surface area contributed by atoms with E-state index in [-0.39, 0.29) is 23.2 Å². The van der Waals surface area contributed by atoms with Crippen molar-refractivity contribution in [3.63, 3.8) is 0 Å². The van der Waals surface area contributed by atoms with Crippen LogP contribution in [-0.4, -0.2) is 47.0 Å². The second-order valence-corrected chi connectivity index (χ2v) is 7.66. The van der Waals surface area contributed by atoms with Gasteiger partial charge in [0.25, 0.3) is 5.69 Å². The molecule has 0 radical (unpaired) electrons. The molecule has 2 aromatic carbocycles. The molecule has 1 aliphatic heterocycles. The van der Waals surface area contributed by atoms with Crippen LogP contribution in [0.5, 0.6) is 5.75 Å². The molecule has 0 saturated carbocycles. The molecule has 4 rings (SSSR count). The van der Waals surface area contributed by atoms with E-state index in [4.69, 9.17) is 9.15 Å². The molecule has 9 nitrogen and oxygen atoms in total. The monoisotopic (exact) mass is 424 g/mol. The van der Waals surface area contributed by atoms with Gasteiger partial charge in [-0.2, -0.15) is 0 Å². The standard InChI is InChI=1S/C22H24N4O5/c1-14(21(27)23-17-10-9-16(30-2)12-19(17)26(28)29)25-11-5-6-15(13-25)22-24-18-7-3-4-8-20(18)31-22/h3-4,7-10,12,14-15H,5-6,11,13H2,1-2H3,(H,23,27). The predicted molar refractivity (Wildman–Crippen MR) is 115 cm³/mol. The normalized spacial score (nSPS) is 17.9. The van der Waals surface area contributed by atoms with Crippen molar-refractivity contribution < 1.29 is 18.9 Å². The van der Waals surface area contributed by atoms with Gasteiger partial charge in [-0.3, -0.25) is 19.8 Å². The molecule has 0 spiro atoms. The smallest absolute Gasteiger partial charge is 0.296 e. The first-order chi connectivity index (χ1) is 15.0. The number of nitrogens with one attached hydrogen (secondary N) is 1. The molecular formula is C22H24N4O5. The summed E-state index contributed by atoms with van der Waals surface area (Å²) in [5, 5.41) is 14.1. The molecule has 1 aromatic heterocycles. The number of para-hydroxylation sites is 2. The summed E-state index contributed by atoms with van der Waals surface area (Å²) in [6, 6.07) is 11.5. The molecule has 1 amide bonds. The Morgan fingerprint density at radius 2 is 2.16 bits per heavy atom. The van der Waals surface area contributed by atoms with Crippen LogP contribution in [0.4, 0.5) is 11.4 Å². The van der Waals surface area contributed by atoms with Gasteiger partial charge < -0.3 is 14.5 Å². The largest absolute Gasteiger partial charge is 0.496 e. The molecule has 162 valence electrons. The third-order valence-corrected chi connectivity index (χ3v) is 5.70. The molecule has 2 unspecified atom stereocenters. The SMILES string of the molecule is COc1ccc(NC(=O)C(C)N2CCCC(c3nc4ccccc4o3)C2)c([N+](=O)[O-])c1. The minimum absolute atomic E-state index is 0.0896. The summed E-state index contributed by atoms with van der Waals surface area (Å²) in [4.78, 5) is 30.4. The molecular weight excluding hydrogens is 400 g/mol. The van der Waals surface area contributed by atoms with Crippen molar-refractivity contribution in [3.8, 4) is 5.75 Å². The Bertz CT molecular complexity index is 1080. The van der Waals surface area contributed by atoms with E-state index in [1.165, 1.54) is 19.2 Å². The number of piperidine rings is 1. The van der Waals surface area contributed by atoms with Gasteiger partial charge in [-0.25, -0.2) is 4.98 Å². The lowest BCUT2D eigenvalue weighted by Gasteiger charge is -2.34. The third-order valence-electron chi connectivity index (χ3n) is 5.70. The number of carbonyl (C=O) groups is 1. The summed E-state index contributed by atoms with van der Waals surface area (Å²) in [7, 11) is 1.43. The highest BCUT2D eigenvalue weighted by molar-refractivity contribution is 5.96. The van der Waals surface area contributed by atoms with Gasteiger partial charge in [0, 0.05) is 12.5 Å². The number of carbonyl (C=O) groups excluding carboxylic acids is 1. The lowest BCUT2D eigenvalue weighted by Crippen LogP contribution is -2.46. The first-order valence-electron chi connectivity index (χ1n) is 10.2. The van der Waals surface area contributed by atoms with Crippen molar-refractivity contribution in [2.75, 3.05) is 25.5 Å². The first-order valence-corrected chi connectivity index (χ1v) is 10.2. The predicted octanol–water partition coefficient (Wildman–Crippen LogP) is 3.95. The van der Waals surface area contributed by atoms with Crippen LogP contribution in [0.1, 0.15) is 31.6 Å². The molecule has 0 bridgehead atoms. The quantitative estimate of drug-likeness (QED) is 0.471. The van der Waals surface area contributed by atoms with Gasteiger partial charge in [0.1, 0.15) is 17.0 Å². The molecule has 9 heteroatoms. The van der Waals surface area contributed by atoms with E-state index in [1.54, 1.807) is 13.0 Å². The molecule has 1 N–H and O–H groups in total. The average molecular weight is 424 g/mol. The third kappa shape index (κ3) is 4.36. The van der Waals surface area contributed by atoms with E-state index in [9.17, 15) is 14.9 Å². The van der Waals surface area contributed by atoms with Crippen molar-refractivity contribution in [2.45, 2.75) is 31.7 Å². The van der Waals surface area contributed by atoms with Crippen LogP contribution in [-0.2, 0) is 4.79 Å². The number of rotatable bonds is 6. The van der Waals surface area contributed by atoms with E-state index in [0.29, 0.717) is 18.2 Å². The van der Waals surface area contributed by atoms with E-state index < -0.39 is 11.0 Å². The van der Waals surface area contributed by atoms with Crippen LogP contribution in [0.3, 0.4) is 0 Å². The van der Waals surface area contributed by atoms with Gasteiger partial charge >= 0.3 is 0 Å². The van der Waals surface area contributed by atoms with Gasteiger partial charge in [0.2, 0.25) is 5.91 Å². The fraction of sp³-hybridized carbons (Fsp3) is 0.364. The number of nitrogens with zero attached hydrogens (tertiary/aromatic N) is 3. The van der Waals surface area contributed by atoms with Crippen molar-refractivity contribution in [3.05, 3.63) is 58.5 Å². The van der Waals surface area contributed by atoms with Crippen molar-refractivity contribution >= 4 is 28.4 Å². The summed E-state index contributed by atoms with van der Waals surface area (Å²) in [5.41, 5.74) is 1.53. The van der Waals surface area contributed by atoms with Gasteiger partial charge in [0.15, 0.2) is 11.5 Å². The number of fused-ring (bicyclic) bond motifs is 1. The number of ether oxygens (including phenoxy) is 1. The Labute approximate surface area is 179 Å². The van der Waals surface area contributed by atoms with Crippen molar-refractivity contribution in [1.29, 1.82) is 0 Å². The molecule has 1 saturated heterocycles. The molecule has 3 aromatic rings. The van der Waals surface area contributed by atoms with Crippen LogP contribution in [0.15, 0.2) is 46.9 Å². The number of oxazole rings is 1. The number of aromatic nitrogens is 1. The highest BCUT2D eigenvalue weighted by Gasteiger charge is 2.31. The molecule has 2 atom stereocenters. The number of benzene rings is 2. The van der Waals surface area contributed by atoms with Crippen molar-refractivity contribution in [2.24, 2.45) is 0 Å². The van der Waals surface area contributed by atoms with Gasteiger partial charge in [-0.1, -0.05) is 12.1 Å². The van der Waals surface area contributed by atoms with E-state index >= 15 is 0 Å². The molecule has 2 heterocycles. The highest BCUT2D eigenvalue weighted by Crippen LogP contribution is 2.31. The Morgan fingerprint density at radius 1 is 1.35 bits per heavy atom. The molecule has 1 fully saturated rings. The molecule has 0 aliphatic carbocycles. The number of hydrogen-bond donors (Lipinski definition) is 1. The fourth-order valence-electron chi connectivity index (χ4n) is 3.92. The number of likely N-dealkylation sites (tertiary alicyclic amines) is 1. The minimum atomic E-state index is -0.535. The average Bonchev–Trinajstić information content (AvgIpc) is 3.23. The summed E-state index contributed by atoms with van der Waals surface area (Å²) < 4.78 is 11.0. The fourth-order valence-corrected chi connectivity index (χ4v) is 3.92. The topological polar surface area (TPSA) is 111 Å². The summed E-state index contributed by atoms with van der Waals surface area (Å²) in [6.07, 6.45) is 1.84. The van der Waals surface area contributed by atoms with Crippen LogP contribution in [0.2, 0.25) is 0 Å². The number of amides is 1. The second kappa shape index (κ2) is 8.73. The zero-order chi connectivity index (χ0) is 22.0. The van der Waals surface area contributed by atoms with Crippen molar-refractivity contribution in [1.82, 2.24) is 9.88 Å². The number of hydrogen-bond acceptors (Lipinski definition) is 7. The highest BCUT2D eigenvalue weighted by atomic mass is 16.6. The minimum Gasteiger partial charge on any atom is -0.496 e. The maximum absolute atomic E-state index is 12.9. The molecule has 31 heavy (non-hydrogen) atoms. The zero-order valence-electron chi connectivity index (χ0n) is 17.4. The van der Waals surface area contributed by atoms with Crippen LogP contribution < -0.4 is 10.1 Å². The number of nitro groups is 1. The lowest BCUT2D eigenvalue weighted by molar-refractivity contribution is -0.384. The second-order valence-electron chi connectivity index (χ2n) is 7.66. The summed E-state index contributed by atoms with van der Waals surface area (Å²) in [5.74, 6) is 0.831. The summed E-state index contributed by atoms with van der Waals surface area (Å²) >= 11 is 0. The Balaban J connectivity index is 1.47. The maximum Gasteiger partial charge on any atom is 0.296 e. The first kappa shape index (κ1) is 20.8. The van der Waals surface area contributed by atoms with Gasteiger partial charge in [-0.05, 0) is 50.6 Å². The molecule has 1 aliphatic rings. The van der Waals surface area contributed by atoms with E-state index in [2.05, 4.69) is 15.2 Å². The zero-order valence-corrected chi connectivity index (χ0v) is 17.4.